The zero-order valence-corrected chi connectivity index (χ0v) is 17.0. The maximum Gasteiger partial charge on any atom is 0.344 e. The highest BCUT2D eigenvalue weighted by Gasteiger charge is 2.14. The average molecular weight is 407 g/mol. The average Bonchev–Trinajstić information content (AvgIpc) is 2.67. The first-order valence-electron chi connectivity index (χ1n) is 8.97. The number of hydrogen-bond donors (Lipinski definition) is 2. The Hall–Kier alpha value is -2.57. The predicted molar refractivity (Wildman–Crippen MR) is 111 cm³/mol. The standard InChI is InChI=1S/C21H26N2O4.ClH/c1-3-26-19(24)14-27-18-10-6-16(7-11-18)12-13-23-21(25)20(22)17-8-4-15(2)5-9-17;/h4-11,20H,3,12-14,22H2,1-2H3,(H,23,25);1H. The van der Waals surface area contributed by atoms with Gasteiger partial charge in [-0.3, -0.25) is 4.79 Å². The number of carbonyl (C=O) groups is 2. The van der Waals surface area contributed by atoms with Crippen LogP contribution in [0.1, 0.15) is 29.7 Å². The Labute approximate surface area is 171 Å². The van der Waals surface area contributed by atoms with Gasteiger partial charge < -0.3 is 20.5 Å². The topological polar surface area (TPSA) is 90.6 Å². The second kappa shape index (κ2) is 12.0. The number of carbonyl (C=O) groups excluding carboxylic acids is 2. The summed E-state index contributed by atoms with van der Waals surface area (Å²) in [6.07, 6.45) is 0.671. The smallest absolute Gasteiger partial charge is 0.344 e. The summed E-state index contributed by atoms with van der Waals surface area (Å²) in [6, 6.07) is 14.3. The van der Waals surface area contributed by atoms with Crippen molar-refractivity contribution in [3.63, 3.8) is 0 Å². The van der Waals surface area contributed by atoms with Crippen LogP contribution in [0.25, 0.3) is 0 Å². The second-order valence-electron chi connectivity index (χ2n) is 6.17. The number of nitrogens with two attached hydrogens (primary N) is 1. The molecule has 152 valence electrons. The Balaban J connectivity index is 0.00000392. The molecule has 0 fully saturated rings. The molecule has 2 rings (SSSR count). The van der Waals surface area contributed by atoms with Gasteiger partial charge in [0, 0.05) is 6.54 Å². The molecular formula is C21H27ClN2O4. The van der Waals surface area contributed by atoms with Gasteiger partial charge in [-0.25, -0.2) is 4.79 Å². The first kappa shape index (κ1) is 23.5. The molecule has 0 heterocycles. The van der Waals surface area contributed by atoms with Crippen molar-refractivity contribution in [3.05, 3.63) is 65.2 Å². The number of nitrogens with one attached hydrogen (secondary N) is 1. The van der Waals surface area contributed by atoms with Crippen LogP contribution in [0.2, 0.25) is 0 Å². The highest BCUT2D eigenvalue weighted by Crippen LogP contribution is 2.13. The highest BCUT2D eigenvalue weighted by atomic mass is 35.5. The van der Waals surface area contributed by atoms with E-state index in [1.165, 1.54) is 0 Å². The number of halogens is 1. The van der Waals surface area contributed by atoms with Crippen molar-refractivity contribution in [3.8, 4) is 5.75 Å². The third kappa shape index (κ3) is 7.58. The van der Waals surface area contributed by atoms with Crippen LogP contribution >= 0.6 is 12.4 Å². The molecule has 3 N–H and O–H groups in total. The van der Waals surface area contributed by atoms with E-state index in [9.17, 15) is 9.59 Å². The molecule has 0 aliphatic rings. The number of hydrogen-bond acceptors (Lipinski definition) is 5. The third-order valence-corrected chi connectivity index (χ3v) is 4.02. The van der Waals surface area contributed by atoms with E-state index in [2.05, 4.69) is 5.32 Å². The molecule has 2 aromatic carbocycles. The van der Waals surface area contributed by atoms with Gasteiger partial charge in [-0.05, 0) is 43.5 Å². The van der Waals surface area contributed by atoms with Crippen LogP contribution in [-0.4, -0.2) is 31.6 Å². The first-order chi connectivity index (χ1) is 13.0. The molecule has 28 heavy (non-hydrogen) atoms. The summed E-state index contributed by atoms with van der Waals surface area (Å²) in [5, 5.41) is 2.86. The van der Waals surface area contributed by atoms with E-state index in [-0.39, 0.29) is 24.9 Å². The van der Waals surface area contributed by atoms with Crippen LogP contribution in [0.4, 0.5) is 0 Å². The van der Waals surface area contributed by atoms with Crippen molar-refractivity contribution in [1.29, 1.82) is 0 Å². The summed E-state index contributed by atoms with van der Waals surface area (Å²) in [6.45, 7) is 4.45. The Bertz CT molecular complexity index is 748. The van der Waals surface area contributed by atoms with Gasteiger partial charge in [0.2, 0.25) is 5.91 Å². The van der Waals surface area contributed by atoms with Crippen molar-refractivity contribution in [2.24, 2.45) is 5.73 Å². The molecule has 1 amide bonds. The summed E-state index contributed by atoms with van der Waals surface area (Å²) in [7, 11) is 0. The van der Waals surface area contributed by atoms with Crippen molar-refractivity contribution in [2.45, 2.75) is 26.3 Å². The van der Waals surface area contributed by atoms with Crippen LogP contribution in [0.15, 0.2) is 48.5 Å². The maximum absolute atomic E-state index is 12.2. The van der Waals surface area contributed by atoms with Gasteiger partial charge in [0.15, 0.2) is 6.61 Å². The minimum Gasteiger partial charge on any atom is -0.482 e. The Kier molecular flexibility index (Phi) is 10.1. The van der Waals surface area contributed by atoms with Gasteiger partial charge in [0.05, 0.1) is 6.61 Å². The molecule has 1 atom stereocenters. The molecule has 0 spiro atoms. The Morgan fingerprint density at radius 2 is 1.71 bits per heavy atom. The van der Waals surface area contributed by atoms with Crippen LogP contribution in [0, 0.1) is 6.92 Å². The maximum atomic E-state index is 12.2. The summed E-state index contributed by atoms with van der Waals surface area (Å²) in [5.41, 5.74) is 8.96. The van der Waals surface area contributed by atoms with Gasteiger partial charge in [-0.15, -0.1) is 12.4 Å². The molecule has 0 radical (unpaired) electrons. The number of rotatable bonds is 9. The fourth-order valence-electron chi connectivity index (χ4n) is 2.46. The fourth-order valence-corrected chi connectivity index (χ4v) is 2.46. The van der Waals surface area contributed by atoms with Gasteiger partial charge in [-0.1, -0.05) is 42.0 Å². The van der Waals surface area contributed by atoms with E-state index < -0.39 is 12.0 Å². The number of aryl methyl sites for hydroxylation is 1. The van der Waals surface area contributed by atoms with Crippen LogP contribution in [0.3, 0.4) is 0 Å². The van der Waals surface area contributed by atoms with Crippen LogP contribution < -0.4 is 15.8 Å². The first-order valence-corrected chi connectivity index (χ1v) is 8.97. The minimum absolute atomic E-state index is 0. The lowest BCUT2D eigenvalue weighted by molar-refractivity contribution is -0.145. The second-order valence-corrected chi connectivity index (χ2v) is 6.17. The fraction of sp³-hybridized carbons (Fsp3) is 0.333. The minimum atomic E-state index is -0.677. The lowest BCUT2D eigenvalue weighted by Gasteiger charge is -2.13. The van der Waals surface area contributed by atoms with Gasteiger partial charge in [-0.2, -0.15) is 0 Å². The van der Waals surface area contributed by atoms with E-state index in [4.69, 9.17) is 15.2 Å². The predicted octanol–water partition coefficient (Wildman–Crippen LogP) is 2.72. The molecule has 0 bridgehead atoms. The summed E-state index contributed by atoms with van der Waals surface area (Å²) >= 11 is 0. The summed E-state index contributed by atoms with van der Waals surface area (Å²) in [5.74, 6) is -0.000297. The molecule has 0 aromatic heterocycles. The number of esters is 1. The van der Waals surface area contributed by atoms with E-state index in [0.717, 1.165) is 16.7 Å². The SMILES string of the molecule is CCOC(=O)COc1ccc(CCNC(=O)C(N)c2ccc(C)cc2)cc1.Cl. The third-order valence-electron chi connectivity index (χ3n) is 4.02. The molecule has 7 heteroatoms. The monoisotopic (exact) mass is 406 g/mol. The number of amides is 1. The quantitative estimate of drug-likeness (QED) is 0.625. The largest absolute Gasteiger partial charge is 0.482 e. The molecule has 0 saturated carbocycles. The Morgan fingerprint density at radius 1 is 1.07 bits per heavy atom. The normalized spacial score (nSPS) is 11.1. The number of benzene rings is 2. The van der Waals surface area contributed by atoms with Crippen molar-refractivity contribution >= 4 is 24.3 Å². The Morgan fingerprint density at radius 3 is 2.32 bits per heavy atom. The van der Waals surface area contributed by atoms with Crippen molar-refractivity contribution in [2.75, 3.05) is 19.8 Å². The van der Waals surface area contributed by atoms with Gasteiger partial charge >= 0.3 is 5.97 Å². The van der Waals surface area contributed by atoms with Crippen LogP contribution in [-0.2, 0) is 20.7 Å². The van der Waals surface area contributed by atoms with E-state index in [1.54, 1.807) is 19.1 Å². The van der Waals surface area contributed by atoms with Gasteiger partial charge in [0.1, 0.15) is 11.8 Å². The zero-order chi connectivity index (χ0) is 19.6. The van der Waals surface area contributed by atoms with Crippen LogP contribution in [0.5, 0.6) is 5.75 Å². The highest BCUT2D eigenvalue weighted by molar-refractivity contribution is 5.85. The molecule has 1 unspecified atom stereocenters. The molecule has 0 aliphatic carbocycles. The summed E-state index contributed by atoms with van der Waals surface area (Å²) in [4.78, 5) is 23.4. The van der Waals surface area contributed by atoms with E-state index >= 15 is 0 Å². The molecule has 0 saturated heterocycles. The molecule has 6 nitrogen and oxygen atoms in total. The lowest BCUT2D eigenvalue weighted by Crippen LogP contribution is -2.35. The number of ether oxygens (including phenoxy) is 2. The van der Waals surface area contributed by atoms with E-state index in [1.807, 2.05) is 43.3 Å². The van der Waals surface area contributed by atoms with Gasteiger partial charge in [0.25, 0.3) is 0 Å². The molecule has 0 aliphatic heterocycles. The van der Waals surface area contributed by atoms with E-state index in [0.29, 0.717) is 25.3 Å². The van der Waals surface area contributed by atoms with Crippen molar-refractivity contribution in [1.82, 2.24) is 5.32 Å². The van der Waals surface area contributed by atoms with Crippen molar-refractivity contribution < 1.29 is 19.1 Å². The summed E-state index contributed by atoms with van der Waals surface area (Å²) < 4.78 is 10.2. The molecule has 2 aromatic rings. The zero-order valence-electron chi connectivity index (χ0n) is 16.1. The lowest BCUT2D eigenvalue weighted by atomic mass is 10.1. The molecular weight excluding hydrogens is 380 g/mol.